The van der Waals surface area contributed by atoms with Crippen LogP contribution in [0.4, 0.5) is 5.69 Å². The van der Waals surface area contributed by atoms with E-state index in [1.54, 1.807) is 11.3 Å². The molecule has 2 aromatic rings. The van der Waals surface area contributed by atoms with Crippen molar-refractivity contribution < 1.29 is 14.0 Å². The molecule has 2 saturated heterocycles. The molecule has 1 amide bonds. The van der Waals surface area contributed by atoms with Crippen molar-refractivity contribution in [2.24, 2.45) is 17.8 Å². The van der Waals surface area contributed by atoms with Gasteiger partial charge in [0.15, 0.2) is 0 Å². The predicted molar refractivity (Wildman–Crippen MR) is 95.0 cm³/mol. The Hall–Kier alpha value is -2.44. The Balaban J connectivity index is 1.45. The van der Waals surface area contributed by atoms with E-state index in [1.807, 2.05) is 42.5 Å². The molecule has 5 rings (SSSR count). The van der Waals surface area contributed by atoms with Gasteiger partial charge in [0.2, 0.25) is 5.91 Å². The minimum absolute atomic E-state index is 0.0336. The zero-order valence-corrected chi connectivity index (χ0v) is 14.3. The first kappa shape index (κ1) is 15.8. The number of hydrogen-bond acceptors (Lipinski definition) is 5. The highest BCUT2D eigenvalue weighted by atomic mass is 16.3. The number of carbonyl (C=O) groups is 2. The standard InChI is InChI=1S/C20H21N3O3/c24-16-10-12(17-7-4-8-26-17)9-14-15(16)11-21-19-18(14)20(25)23(22-19)13-5-2-1-3-6-13/h1-8,12,14-15,18-19,21-22H,9-11H2. The second kappa shape index (κ2) is 6.07. The lowest BCUT2D eigenvalue weighted by Gasteiger charge is -2.42. The fourth-order valence-electron chi connectivity index (χ4n) is 4.82. The number of piperidine rings is 1. The first-order valence-corrected chi connectivity index (χ1v) is 9.17. The number of carbonyl (C=O) groups excluding carboxylic acids is 2. The summed E-state index contributed by atoms with van der Waals surface area (Å²) in [4.78, 5) is 25.9. The molecule has 2 N–H and O–H groups in total. The van der Waals surface area contributed by atoms with E-state index in [9.17, 15) is 9.59 Å². The van der Waals surface area contributed by atoms with Crippen molar-refractivity contribution >= 4 is 17.4 Å². The van der Waals surface area contributed by atoms with E-state index in [1.165, 1.54) is 0 Å². The van der Waals surface area contributed by atoms with E-state index in [0.717, 1.165) is 17.9 Å². The molecule has 6 nitrogen and oxygen atoms in total. The lowest BCUT2D eigenvalue weighted by molar-refractivity contribution is -0.133. The van der Waals surface area contributed by atoms with E-state index in [-0.39, 0.29) is 41.5 Å². The Morgan fingerprint density at radius 3 is 2.69 bits per heavy atom. The average Bonchev–Trinajstić information content (AvgIpc) is 3.31. The minimum atomic E-state index is -0.240. The topological polar surface area (TPSA) is 74.6 Å². The summed E-state index contributed by atoms with van der Waals surface area (Å²) in [6, 6.07) is 13.4. The van der Waals surface area contributed by atoms with Crippen molar-refractivity contribution in [1.29, 1.82) is 0 Å². The Morgan fingerprint density at radius 2 is 1.92 bits per heavy atom. The largest absolute Gasteiger partial charge is 0.469 e. The third-order valence-corrected chi connectivity index (χ3v) is 6.05. The second-order valence-corrected chi connectivity index (χ2v) is 7.44. The molecule has 3 aliphatic rings. The molecule has 0 radical (unpaired) electrons. The summed E-state index contributed by atoms with van der Waals surface area (Å²) in [5.41, 5.74) is 4.12. The summed E-state index contributed by atoms with van der Waals surface area (Å²) in [6.45, 7) is 0.623. The molecule has 3 fully saturated rings. The number of ketones is 1. The highest BCUT2D eigenvalue weighted by molar-refractivity contribution is 5.98. The number of hydrogen-bond donors (Lipinski definition) is 2. The van der Waals surface area contributed by atoms with Crippen LogP contribution < -0.4 is 15.8 Å². The molecule has 5 unspecified atom stereocenters. The molecule has 1 aromatic carbocycles. The van der Waals surface area contributed by atoms with Crippen molar-refractivity contribution in [2.75, 3.05) is 11.6 Å². The summed E-state index contributed by atoms with van der Waals surface area (Å²) >= 11 is 0. The van der Waals surface area contributed by atoms with Crippen LogP contribution >= 0.6 is 0 Å². The lowest BCUT2D eigenvalue weighted by atomic mass is 9.65. The molecule has 134 valence electrons. The Morgan fingerprint density at radius 1 is 1.08 bits per heavy atom. The summed E-state index contributed by atoms with van der Waals surface area (Å²) in [5, 5.41) is 5.00. The van der Waals surface area contributed by atoms with E-state index in [2.05, 4.69) is 10.7 Å². The number of para-hydroxylation sites is 1. The van der Waals surface area contributed by atoms with Crippen LogP contribution in [0, 0.1) is 17.8 Å². The number of hydrazine groups is 1. The fourth-order valence-corrected chi connectivity index (χ4v) is 4.82. The van der Waals surface area contributed by atoms with Gasteiger partial charge in [-0.3, -0.25) is 14.9 Å². The normalized spacial score (nSPS) is 33.8. The van der Waals surface area contributed by atoms with E-state index in [0.29, 0.717) is 13.0 Å². The van der Waals surface area contributed by atoms with E-state index in [4.69, 9.17) is 4.42 Å². The molecule has 5 atom stereocenters. The number of Topliss-reactive ketones (excluding diaryl/α,β-unsaturated/α-hetero) is 1. The van der Waals surface area contributed by atoms with Crippen LogP contribution in [0.2, 0.25) is 0 Å². The number of nitrogens with zero attached hydrogens (tertiary/aromatic N) is 1. The number of nitrogens with one attached hydrogen (secondary N) is 2. The number of rotatable bonds is 2. The van der Waals surface area contributed by atoms with Gasteiger partial charge in [0.1, 0.15) is 11.5 Å². The zero-order chi connectivity index (χ0) is 17.7. The van der Waals surface area contributed by atoms with E-state index >= 15 is 0 Å². The van der Waals surface area contributed by atoms with Crippen molar-refractivity contribution in [3.63, 3.8) is 0 Å². The van der Waals surface area contributed by atoms with Gasteiger partial charge in [-0.05, 0) is 36.6 Å². The van der Waals surface area contributed by atoms with E-state index < -0.39 is 0 Å². The lowest BCUT2D eigenvalue weighted by Crippen LogP contribution is -2.57. The number of benzene rings is 1. The van der Waals surface area contributed by atoms with Gasteiger partial charge in [-0.25, -0.2) is 10.4 Å². The molecule has 0 spiro atoms. The number of anilines is 1. The molecular formula is C20H21N3O3. The quantitative estimate of drug-likeness (QED) is 0.866. The average molecular weight is 351 g/mol. The zero-order valence-electron chi connectivity index (χ0n) is 14.3. The molecule has 3 heterocycles. The molecule has 26 heavy (non-hydrogen) atoms. The second-order valence-electron chi connectivity index (χ2n) is 7.44. The molecule has 1 saturated carbocycles. The fraction of sp³-hybridized carbons (Fsp3) is 0.400. The smallest absolute Gasteiger partial charge is 0.247 e. The predicted octanol–water partition coefficient (Wildman–Crippen LogP) is 2.06. The van der Waals surface area contributed by atoms with Crippen molar-refractivity contribution in [2.45, 2.75) is 24.9 Å². The molecule has 2 aliphatic heterocycles. The molecule has 1 aliphatic carbocycles. The summed E-state index contributed by atoms with van der Waals surface area (Å²) in [6.07, 6.45) is 2.82. The number of fused-ring (bicyclic) bond motifs is 3. The van der Waals surface area contributed by atoms with Crippen LogP contribution in [0.1, 0.15) is 24.5 Å². The van der Waals surface area contributed by atoms with Crippen LogP contribution in [0.5, 0.6) is 0 Å². The number of furan rings is 1. The van der Waals surface area contributed by atoms with Crippen LogP contribution in [0.15, 0.2) is 53.1 Å². The van der Waals surface area contributed by atoms with Gasteiger partial charge in [0, 0.05) is 24.8 Å². The Kier molecular flexibility index (Phi) is 3.69. The Bertz CT molecular complexity index is 820. The van der Waals surface area contributed by atoms with Gasteiger partial charge < -0.3 is 4.42 Å². The van der Waals surface area contributed by atoms with Crippen molar-refractivity contribution in [1.82, 2.24) is 10.7 Å². The Labute approximate surface area is 151 Å². The monoisotopic (exact) mass is 351 g/mol. The maximum absolute atomic E-state index is 13.2. The molecule has 1 aromatic heterocycles. The van der Waals surface area contributed by atoms with Gasteiger partial charge >= 0.3 is 0 Å². The van der Waals surface area contributed by atoms with Crippen molar-refractivity contribution in [3.8, 4) is 0 Å². The maximum Gasteiger partial charge on any atom is 0.247 e. The van der Waals surface area contributed by atoms with Crippen LogP contribution in [-0.4, -0.2) is 24.4 Å². The third kappa shape index (κ3) is 2.40. The number of amides is 1. The van der Waals surface area contributed by atoms with Crippen LogP contribution in [-0.2, 0) is 9.59 Å². The summed E-state index contributed by atoms with van der Waals surface area (Å²) in [7, 11) is 0. The van der Waals surface area contributed by atoms with Gasteiger partial charge in [0.25, 0.3) is 0 Å². The van der Waals surface area contributed by atoms with Gasteiger partial charge in [-0.1, -0.05) is 18.2 Å². The highest BCUT2D eigenvalue weighted by Crippen LogP contribution is 2.45. The van der Waals surface area contributed by atoms with Crippen LogP contribution in [0.25, 0.3) is 0 Å². The maximum atomic E-state index is 13.2. The van der Waals surface area contributed by atoms with Gasteiger partial charge in [-0.2, -0.15) is 0 Å². The summed E-state index contributed by atoms with van der Waals surface area (Å²) in [5.74, 6) is 0.892. The van der Waals surface area contributed by atoms with Gasteiger partial charge in [-0.15, -0.1) is 0 Å². The van der Waals surface area contributed by atoms with Gasteiger partial charge in [0.05, 0.1) is 24.0 Å². The molecule has 0 bridgehead atoms. The SMILES string of the molecule is O=C1CC(c2ccco2)CC2C1CNC1NN(c3ccccc3)C(=O)C12. The summed E-state index contributed by atoms with van der Waals surface area (Å²) < 4.78 is 5.55. The first-order valence-electron chi connectivity index (χ1n) is 9.17. The minimum Gasteiger partial charge on any atom is -0.469 e. The van der Waals surface area contributed by atoms with Crippen LogP contribution in [0.3, 0.4) is 0 Å². The van der Waals surface area contributed by atoms with Crippen molar-refractivity contribution in [3.05, 3.63) is 54.5 Å². The third-order valence-electron chi connectivity index (χ3n) is 6.05. The molecular weight excluding hydrogens is 330 g/mol. The molecule has 6 heteroatoms. The highest BCUT2D eigenvalue weighted by Gasteiger charge is 2.54. The first-order chi connectivity index (χ1) is 12.7.